The van der Waals surface area contributed by atoms with E-state index in [0.717, 1.165) is 31.0 Å². The van der Waals surface area contributed by atoms with Crippen LogP contribution in [0.2, 0.25) is 0 Å². The van der Waals surface area contributed by atoms with Crippen LogP contribution < -0.4 is 21.2 Å². The fourth-order valence-electron chi connectivity index (χ4n) is 8.52. The number of hydrogen-bond donors (Lipinski definition) is 2. The second kappa shape index (κ2) is 14.7. The summed E-state index contributed by atoms with van der Waals surface area (Å²) in [5, 5.41) is 19.9. The first kappa shape index (κ1) is 38.7. The van der Waals surface area contributed by atoms with Gasteiger partial charge in [0, 0.05) is 31.6 Å². The number of carbonyl (C=O) groups excluding carboxylic acids is 3. The Morgan fingerprint density at radius 1 is 1.03 bits per heavy atom. The van der Waals surface area contributed by atoms with Crippen molar-refractivity contribution in [2.75, 3.05) is 36.5 Å². The molecule has 3 aliphatic rings. The van der Waals surface area contributed by atoms with Gasteiger partial charge in [-0.05, 0) is 74.4 Å². The van der Waals surface area contributed by atoms with Gasteiger partial charge in [-0.1, -0.05) is 12.1 Å². The number of anilines is 2. The summed E-state index contributed by atoms with van der Waals surface area (Å²) in [6.45, 7) is -0.368. The van der Waals surface area contributed by atoms with E-state index in [2.05, 4.69) is 20.7 Å². The molecule has 3 amide bonds. The summed E-state index contributed by atoms with van der Waals surface area (Å²) in [6.07, 6.45) is 0.152. The number of carbonyl (C=O) groups is 3. The Hall–Kier alpha value is -6.16. The van der Waals surface area contributed by atoms with E-state index >= 15 is 8.78 Å². The van der Waals surface area contributed by atoms with E-state index in [0.29, 0.717) is 47.0 Å². The number of nitrogens with one attached hydrogen (secondary N) is 2. The minimum Gasteiger partial charge on any atom is -0.351 e. The van der Waals surface area contributed by atoms with E-state index in [1.807, 2.05) is 6.07 Å². The first-order chi connectivity index (χ1) is 27.6. The lowest BCUT2D eigenvalue weighted by Gasteiger charge is -2.43. The Kier molecular flexibility index (Phi) is 9.78. The number of nitriles is 1. The molecule has 1 unspecified atom stereocenters. The maximum Gasteiger partial charge on any atom is 0.433 e. The van der Waals surface area contributed by atoms with Crippen LogP contribution in [-0.4, -0.2) is 78.7 Å². The molecule has 8 rings (SSSR count). The quantitative estimate of drug-likeness (QED) is 0.163. The number of amides is 3. The molecule has 2 saturated heterocycles. The normalized spacial score (nSPS) is 21.6. The highest BCUT2D eigenvalue weighted by molar-refractivity contribution is 6.05. The predicted octanol–water partition coefficient (Wildman–Crippen LogP) is 5.35. The number of aryl methyl sites for hydroxylation is 1. The Labute approximate surface area is 326 Å². The summed E-state index contributed by atoms with van der Waals surface area (Å²) in [6, 6.07) is 12.1. The number of imide groups is 1. The third-order valence-corrected chi connectivity index (χ3v) is 11.2. The van der Waals surface area contributed by atoms with Crippen molar-refractivity contribution in [3.05, 3.63) is 82.2 Å². The zero-order valence-corrected chi connectivity index (χ0v) is 31.1. The number of halogens is 5. The van der Waals surface area contributed by atoms with Gasteiger partial charge in [-0.2, -0.15) is 23.5 Å². The third kappa shape index (κ3) is 7.39. The number of pyridine rings is 1. The lowest BCUT2D eigenvalue weighted by atomic mass is 9.85. The summed E-state index contributed by atoms with van der Waals surface area (Å²) in [7, 11) is 1.54. The average Bonchev–Trinajstić information content (AvgIpc) is 3.71. The molecule has 3 aromatic heterocycles. The van der Waals surface area contributed by atoms with Crippen LogP contribution in [0.4, 0.5) is 33.3 Å². The second-order valence-corrected chi connectivity index (χ2v) is 15.2. The highest BCUT2D eigenvalue weighted by Crippen LogP contribution is 2.37. The maximum atomic E-state index is 15.4. The Balaban J connectivity index is 0.944. The van der Waals surface area contributed by atoms with Crippen molar-refractivity contribution < 1.29 is 36.3 Å². The van der Waals surface area contributed by atoms with E-state index in [1.54, 1.807) is 52.0 Å². The van der Waals surface area contributed by atoms with Gasteiger partial charge in [-0.25, -0.2) is 18.6 Å². The van der Waals surface area contributed by atoms with Gasteiger partial charge in [0.25, 0.3) is 11.8 Å². The van der Waals surface area contributed by atoms with Gasteiger partial charge in [0.05, 0.1) is 59.3 Å². The fourth-order valence-corrected chi connectivity index (χ4v) is 8.52. The Morgan fingerprint density at radius 2 is 1.79 bits per heavy atom. The number of imidazole rings is 1. The molecule has 5 heterocycles. The largest absolute Gasteiger partial charge is 0.433 e. The van der Waals surface area contributed by atoms with E-state index in [9.17, 15) is 37.6 Å². The molecular formula is C39H37F5N10O4. The highest BCUT2D eigenvalue weighted by Gasteiger charge is 2.42. The van der Waals surface area contributed by atoms with Crippen LogP contribution in [0.5, 0.6) is 0 Å². The third-order valence-electron chi connectivity index (χ3n) is 11.2. The Morgan fingerprint density at radius 3 is 2.52 bits per heavy atom. The first-order valence-electron chi connectivity index (χ1n) is 18.8. The second-order valence-electron chi connectivity index (χ2n) is 15.2. The first-order valence-corrected chi connectivity index (χ1v) is 18.8. The molecule has 58 heavy (non-hydrogen) atoms. The van der Waals surface area contributed by atoms with Gasteiger partial charge in [0.2, 0.25) is 11.8 Å². The molecule has 2 aliphatic heterocycles. The van der Waals surface area contributed by atoms with E-state index in [4.69, 9.17) is 0 Å². The van der Waals surface area contributed by atoms with Gasteiger partial charge in [-0.15, -0.1) is 0 Å². The molecule has 0 bridgehead atoms. The number of fused-ring (bicyclic) bond motifs is 2. The fraction of sp³-hybridized carbons (Fsp3) is 0.410. The molecule has 1 aliphatic carbocycles. The monoisotopic (exact) mass is 804 g/mol. The van der Waals surface area contributed by atoms with Crippen LogP contribution in [0.15, 0.2) is 59.5 Å². The van der Waals surface area contributed by atoms with Crippen molar-refractivity contribution in [2.45, 2.75) is 62.7 Å². The molecule has 302 valence electrons. The molecule has 2 aromatic carbocycles. The number of piperidine rings is 1. The number of benzene rings is 2. The predicted molar refractivity (Wildman–Crippen MR) is 200 cm³/mol. The number of hydrogen-bond acceptors (Lipinski definition) is 9. The minimum atomic E-state index is -4.74. The van der Waals surface area contributed by atoms with Gasteiger partial charge in [0.15, 0.2) is 0 Å². The lowest BCUT2D eigenvalue weighted by Crippen LogP contribution is -2.57. The molecule has 19 heteroatoms. The summed E-state index contributed by atoms with van der Waals surface area (Å²) in [5.41, 5.74) is -0.220. The zero-order valence-electron chi connectivity index (χ0n) is 31.1. The highest BCUT2D eigenvalue weighted by atomic mass is 19.4. The number of nitrogens with zero attached hydrogens (tertiary/aromatic N) is 8. The summed E-state index contributed by atoms with van der Waals surface area (Å²) < 4.78 is 74.9. The van der Waals surface area contributed by atoms with Crippen LogP contribution in [-0.2, 0) is 22.8 Å². The maximum absolute atomic E-state index is 15.4. The van der Waals surface area contributed by atoms with Gasteiger partial charge < -0.3 is 10.2 Å². The van der Waals surface area contributed by atoms with Crippen LogP contribution in [0.25, 0.3) is 21.9 Å². The standard InChI is InChI=1S/C39H37F5N10O4/c1-50-34-29(5-3-6-30(34)54(37(50)58)31-12-13-33(55)48-36(31)57)52-20-38(40,41)19-51(21-52)17-22-8-10-25(11-9-22)53-18-24-15-27(23(16-45)14-28(24)49-53)47-35(56)26-4-2-7-32(46-26)39(42,43)44/h2-7,14-15,18,22,25,31H,8-13,17,19-21H2,1H3,(H,47,56)(H,48,55,57). The van der Waals surface area contributed by atoms with Crippen molar-refractivity contribution in [2.24, 2.45) is 13.0 Å². The van der Waals surface area contributed by atoms with Crippen molar-refractivity contribution >= 4 is 51.0 Å². The summed E-state index contributed by atoms with van der Waals surface area (Å²) in [4.78, 5) is 57.5. The zero-order chi connectivity index (χ0) is 41.1. The van der Waals surface area contributed by atoms with Crippen molar-refractivity contribution in [3.8, 4) is 6.07 Å². The molecule has 14 nitrogen and oxygen atoms in total. The Bertz CT molecular complexity index is 2570. The SMILES string of the molecule is Cn1c(=O)n(C2CCC(=O)NC2=O)c2cccc(N3CN(CC4CCC(n5cc6cc(NC(=O)c7cccc(C(F)(F)F)n7)c(C#N)cc6n5)CC4)CC(F)(F)C3)c21. The van der Waals surface area contributed by atoms with Crippen LogP contribution >= 0.6 is 0 Å². The lowest BCUT2D eigenvalue weighted by molar-refractivity contribution is -0.141. The van der Waals surface area contributed by atoms with E-state index in [-0.39, 0.29) is 42.7 Å². The van der Waals surface area contributed by atoms with Gasteiger partial charge in [0.1, 0.15) is 23.5 Å². The number of rotatable bonds is 7. The molecule has 5 aromatic rings. The van der Waals surface area contributed by atoms with Crippen LogP contribution in [0, 0.1) is 17.2 Å². The van der Waals surface area contributed by atoms with Crippen molar-refractivity contribution in [3.63, 3.8) is 0 Å². The van der Waals surface area contributed by atoms with Gasteiger partial charge in [-0.3, -0.25) is 38.4 Å². The number of aromatic nitrogens is 5. The molecule has 3 fully saturated rings. The minimum absolute atomic E-state index is 0.0203. The molecule has 1 saturated carbocycles. The molecule has 0 radical (unpaired) electrons. The van der Waals surface area contributed by atoms with Crippen LogP contribution in [0.3, 0.4) is 0 Å². The molecule has 0 spiro atoms. The van der Waals surface area contributed by atoms with Gasteiger partial charge >= 0.3 is 11.9 Å². The summed E-state index contributed by atoms with van der Waals surface area (Å²) >= 11 is 0. The smallest absolute Gasteiger partial charge is 0.351 e. The molecular weight excluding hydrogens is 767 g/mol. The van der Waals surface area contributed by atoms with E-state index < -0.39 is 66.0 Å². The topological polar surface area (TPSA) is 163 Å². The average molecular weight is 805 g/mol. The molecule has 1 atom stereocenters. The number of para-hydroxylation sites is 1. The summed E-state index contributed by atoms with van der Waals surface area (Å²) in [5.74, 6) is -4.84. The molecule has 2 N–H and O–H groups in total. The van der Waals surface area contributed by atoms with Crippen molar-refractivity contribution in [1.82, 2.24) is 34.1 Å². The van der Waals surface area contributed by atoms with E-state index in [1.165, 1.54) is 15.2 Å². The van der Waals surface area contributed by atoms with Crippen molar-refractivity contribution in [1.29, 1.82) is 5.26 Å². The number of alkyl halides is 5. The van der Waals surface area contributed by atoms with Crippen LogP contribution in [0.1, 0.15) is 72.4 Å².